The summed E-state index contributed by atoms with van der Waals surface area (Å²) >= 11 is 0. The second kappa shape index (κ2) is 13.4. The Labute approximate surface area is 258 Å². The van der Waals surface area contributed by atoms with Crippen molar-refractivity contribution in [2.75, 3.05) is 26.2 Å². The quantitative estimate of drug-likeness (QED) is 0.115. The molecule has 0 bridgehead atoms. The lowest BCUT2D eigenvalue weighted by Gasteiger charge is -2.39. The summed E-state index contributed by atoms with van der Waals surface area (Å²) in [5.74, 6) is 1.42. The Bertz CT molecular complexity index is 1670. The molecule has 0 aliphatic carbocycles. The van der Waals surface area contributed by atoms with Gasteiger partial charge in [0.15, 0.2) is 0 Å². The first-order valence-electron chi connectivity index (χ1n) is 14.9. The van der Waals surface area contributed by atoms with Crippen LogP contribution in [0.25, 0.3) is 11.1 Å². The number of benzene rings is 5. The maximum Gasteiger partial charge on any atom is 0.253 e. The molecule has 5 aromatic rings. The van der Waals surface area contributed by atoms with Gasteiger partial charge in [-0.15, -0.1) is 0 Å². The number of ether oxygens (including phenoxy) is 1. The molecule has 1 aliphatic rings. The Kier molecular flexibility index (Phi) is 8.80. The van der Waals surface area contributed by atoms with Gasteiger partial charge in [-0.25, -0.2) is 0 Å². The maximum absolute atomic E-state index is 13.4. The second-order valence-corrected chi connectivity index (χ2v) is 11.0. The summed E-state index contributed by atoms with van der Waals surface area (Å²) in [5, 5.41) is 12.3. The van der Waals surface area contributed by atoms with E-state index in [0.717, 1.165) is 29.8 Å². The fraction of sp³-hybridized carbons (Fsp3) is 0.158. The lowest BCUT2D eigenvalue weighted by Crippen LogP contribution is -2.49. The SMILES string of the molecule is CC(=NO)c1ccc(-c2cccc(Oc3ccc(C(=O)N4CCN(C(c5ccccc5)c5ccccc5)CC4)cc3)c2)cc1. The molecule has 1 heterocycles. The molecule has 1 N–H and O–H groups in total. The molecular formula is C38H35N3O3. The van der Waals surface area contributed by atoms with E-state index in [-0.39, 0.29) is 11.9 Å². The Morgan fingerprint density at radius 1 is 0.659 bits per heavy atom. The minimum atomic E-state index is 0.0408. The average molecular weight is 582 g/mol. The third-order valence-electron chi connectivity index (χ3n) is 8.15. The Morgan fingerprint density at radius 2 is 1.25 bits per heavy atom. The van der Waals surface area contributed by atoms with Gasteiger partial charge >= 0.3 is 0 Å². The molecule has 6 heteroatoms. The summed E-state index contributed by atoms with van der Waals surface area (Å²) in [7, 11) is 0. The first-order chi connectivity index (χ1) is 21.6. The van der Waals surface area contributed by atoms with Crippen molar-refractivity contribution in [2.45, 2.75) is 13.0 Å². The van der Waals surface area contributed by atoms with E-state index in [1.165, 1.54) is 11.1 Å². The van der Waals surface area contributed by atoms with Gasteiger partial charge in [-0.3, -0.25) is 9.69 Å². The van der Waals surface area contributed by atoms with Gasteiger partial charge in [0.05, 0.1) is 11.8 Å². The summed E-state index contributed by atoms with van der Waals surface area (Å²) in [5.41, 5.74) is 6.66. The summed E-state index contributed by atoms with van der Waals surface area (Å²) < 4.78 is 6.14. The molecule has 0 saturated carbocycles. The zero-order valence-electron chi connectivity index (χ0n) is 24.7. The number of hydrogen-bond acceptors (Lipinski definition) is 5. The highest BCUT2D eigenvalue weighted by Gasteiger charge is 2.28. The van der Waals surface area contributed by atoms with Crippen LogP contribution in [-0.2, 0) is 0 Å². The fourth-order valence-corrected chi connectivity index (χ4v) is 5.75. The number of piperazine rings is 1. The molecule has 6 rings (SSSR count). The van der Waals surface area contributed by atoms with Crippen molar-refractivity contribution >= 4 is 11.6 Å². The highest BCUT2D eigenvalue weighted by Crippen LogP contribution is 2.31. The van der Waals surface area contributed by atoms with E-state index < -0.39 is 0 Å². The van der Waals surface area contributed by atoms with Crippen LogP contribution < -0.4 is 4.74 Å². The number of carbonyl (C=O) groups excluding carboxylic acids is 1. The van der Waals surface area contributed by atoms with Crippen LogP contribution in [0.2, 0.25) is 0 Å². The fourth-order valence-electron chi connectivity index (χ4n) is 5.75. The van der Waals surface area contributed by atoms with Crippen LogP contribution in [0, 0.1) is 0 Å². The zero-order valence-corrected chi connectivity index (χ0v) is 24.7. The standard InChI is InChI=1S/C38H35N3O3/c1-28(39-43)29-15-17-30(18-16-29)34-13-8-14-36(27-34)44-35-21-19-33(20-22-35)38(42)41-25-23-40(24-26-41)37(31-9-4-2-5-10-31)32-11-6-3-7-12-32/h2-22,27,37,43H,23-26H2,1H3. The van der Waals surface area contributed by atoms with E-state index in [1.807, 2.05) is 89.8 Å². The molecule has 44 heavy (non-hydrogen) atoms. The van der Waals surface area contributed by atoms with E-state index >= 15 is 0 Å². The average Bonchev–Trinajstić information content (AvgIpc) is 3.09. The van der Waals surface area contributed by atoms with Gasteiger partial charge in [-0.2, -0.15) is 0 Å². The van der Waals surface area contributed by atoms with Gasteiger partial charge in [0, 0.05) is 31.7 Å². The number of carbonyl (C=O) groups is 1. The Hall–Kier alpha value is -5.20. The van der Waals surface area contributed by atoms with Crippen LogP contribution in [0.5, 0.6) is 11.5 Å². The van der Waals surface area contributed by atoms with Crippen LogP contribution >= 0.6 is 0 Å². The largest absolute Gasteiger partial charge is 0.457 e. The third kappa shape index (κ3) is 6.56. The molecule has 5 aromatic carbocycles. The van der Waals surface area contributed by atoms with Crippen molar-refractivity contribution in [2.24, 2.45) is 5.16 Å². The smallest absolute Gasteiger partial charge is 0.253 e. The van der Waals surface area contributed by atoms with Gasteiger partial charge in [-0.05, 0) is 71.1 Å². The monoisotopic (exact) mass is 581 g/mol. The van der Waals surface area contributed by atoms with Crippen molar-refractivity contribution in [3.05, 3.63) is 156 Å². The van der Waals surface area contributed by atoms with Crippen LogP contribution in [0.15, 0.2) is 139 Å². The third-order valence-corrected chi connectivity index (χ3v) is 8.15. The topological polar surface area (TPSA) is 65.4 Å². The predicted octanol–water partition coefficient (Wildman–Crippen LogP) is 7.89. The Balaban J connectivity index is 1.08. The molecular weight excluding hydrogens is 546 g/mol. The summed E-state index contributed by atoms with van der Waals surface area (Å²) in [6.07, 6.45) is 0. The van der Waals surface area contributed by atoms with E-state index in [4.69, 9.17) is 9.94 Å². The molecule has 1 fully saturated rings. The molecule has 220 valence electrons. The van der Waals surface area contributed by atoms with E-state index in [1.54, 1.807) is 6.92 Å². The normalized spacial score (nSPS) is 14.0. The van der Waals surface area contributed by atoms with Crippen molar-refractivity contribution in [3.8, 4) is 22.6 Å². The van der Waals surface area contributed by atoms with Crippen molar-refractivity contribution in [1.82, 2.24) is 9.80 Å². The molecule has 6 nitrogen and oxygen atoms in total. The number of rotatable bonds is 8. The van der Waals surface area contributed by atoms with E-state index in [0.29, 0.717) is 35.9 Å². The number of hydrogen-bond donors (Lipinski definition) is 1. The van der Waals surface area contributed by atoms with Gasteiger partial charge in [-0.1, -0.05) is 102 Å². The molecule has 1 saturated heterocycles. The van der Waals surface area contributed by atoms with Crippen molar-refractivity contribution < 1.29 is 14.7 Å². The highest BCUT2D eigenvalue weighted by molar-refractivity contribution is 5.98. The van der Waals surface area contributed by atoms with Crippen LogP contribution in [0.4, 0.5) is 0 Å². The van der Waals surface area contributed by atoms with E-state index in [2.05, 4.69) is 58.6 Å². The lowest BCUT2D eigenvalue weighted by atomic mass is 9.96. The van der Waals surface area contributed by atoms with E-state index in [9.17, 15) is 4.79 Å². The first kappa shape index (κ1) is 28.9. The van der Waals surface area contributed by atoms with Crippen LogP contribution in [0.1, 0.15) is 40.0 Å². The Morgan fingerprint density at radius 3 is 1.84 bits per heavy atom. The molecule has 0 spiro atoms. The molecule has 1 aliphatic heterocycles. The minimum Gasteiger partial charge on any atom is -0.457 e. The minimum absolute atomic E-state index is 0.0408. The first-order valence-corrected chi connectivity index (χ1v) is 14.9. The van der Waals surface area contributed by atoms with Crippen LogP contribution in [0.3, 0.4) is 0 Å². The maximum atomic E-state index is 13.4. The van der Waals surface area contributed by atoms with Crippen molar-refractivity contribution in [1.29, 1.82) is 0 Å². The molecule has 0 atom stereocenters. The van der Waals surface area contributed by atoms with Gasteiger partial charge in [0.2, 0.25) is 0 Å². The zero-order chi connectivity index (χ0) is 30.3. The second-order valence-electron chi connectivity index (χ2n) is 11.0. The molecule has 0 aromatic heterocycles. The molecule has 1 amide bonds. The van der Waals surface area contributed by atoms with Gasteiger partial charge in [0.25, 0.3) is 5.91 Å². The van der Waals surface area contributed by atoms with Gasteiger partial charge in [0.1, 0.15) is 11.5 Å². The molecule has 0 unspecified atom stereocenters. The number of oxime groups is 1. The lowest BCUT2D eigenvalue weighted by molar-refractivity contribution is 0.0597. The van der Waals surface area contributed by atoms with Crippen molar-refractivity contribution in [3.63, 3.8) is 0 Å². The summed E-state index contributed by atoms with van der Waals surface area (Å²) in [4.78, 5) is 17.8. The number of amides is 1. The van der Waals surface area contributed by atoms with Crippen LogP contribution in [-0.4, -0.2) is 52.8 Å². The summed E-state index contributed by atoms with van der Waals surface area (Å²) in [6, 6.07) is 44.5. The number of nitrogens with zero attached hydrogens (tertiary/aromatic N) is 3. The highest BCUT2D eigenvalue weighted by atomic mass is 16.5. The van der Waals surface area contributed by atoms with Gasteiger partial charge < -0.3 is 14.8 Å². The summed E-state index contributed by atoms with van der Waals surface area (Å²) in [6.45, 7) is 4.71. The molecule has 0 radical (unpaired) electrons. The predicted molar refractivity (Wildman–Crippen MR) is 175 cm³/mol.